The summed E-state index contributed by atoms with van der Waals surface area (Å²) in [5.74, 6) is 0.519. The first kappa shape index (κ1) is 16.5. The quantitative estimate of drug-likeness (QED) is 0.579. The zero-order valence-corrected chi connectivity index (χ0v) is 14.2. The van der Waals surface area contributed by atoms with E-state index in [0.29, 0.717) is 34.7 Å². The van der Waals surface area contributed by atoms with Gasteiger partial charge in [0.2, 0.25) is 0 Å². The maximum absolute atomic E-state index is 13.0. The van der Waals surface area contributed by atoms with Crippen molar-refractivity contribution in [1.29, 1.82) is 0 Å². The second-order valence-corrected chi connectivity index (χ2v) is 5.93. The number of rotatable bonds is 4. The van der Waals surface area contributed by atoms with Gasteiger partial charge in [-0.2, -0.15) is 0 Å². The molecule has 24 heavy (non-hydrogen) atoms. The summed E-state index contributed by atoms with van der Waals surface area (Å²) in [6.07, 6.45) is 2.98. The first-order chi connectivity index (χ1) is 11.6. The second kappa shape index (κ2) is 7.49. The molecule has 0 saturated carbocycles. The summed E-state index contributed by atoms with van der Waals surface area (Å²) < 4.78 is 29.6. The van der Waals surface area contributed by atoms with Crippen LogP contribution in [0.15, 0.2) is 46.9 Å². The van der Waals surface area contributed by atoms with Crippen LogP contribution in [0.5, 0.6) is 11.5 Å². The molecule has 2 aromatic carbocycles. The van der Waals surface area contributed by atoms with Crippen LogP contribution < -0.4 is 9.47 Å². The van der Waals surface area contributed by atoms with E-state index >= 15 is 0 Å². The summed E-state index contributed by atoms with van der Waals surface area (Å²) in [6, 6.07) is 9.64. The van der Waals surface area contributed by atoms with E-state index in [1.165, 1.54) is 18.2 Å². The predicted molar refractivity (Wildman–Crippen MR) is 90.4 cm³/mol. The number of halogens is 2. The molecule has 0 aromatic heterocycles. The van der Waals surface area contributed by atoms with E-state index in [-0.39, 0.29) is 12.4 Å². The summed E-state index contributed by atoms with van der Waals surface area (Å²) in [6.45, 7) is 1.10. The van der Waals surface area contributed by atoms with Crippen LogP contribution in [0.4, 0.5) is 4.39 Å². The molecule has 6 heteroatoms. The molecule has 0 amide bonds. The fourth-order valence-electron chi connectivity index (χ4n) is 2.16. The largest absolute Gasteiger partial charge is 0.486 e. The summed E-state index contributed by atoms with van der Waals surface area (Å²) in [5, 5.41) is 0. The summed E-state index contributed by atoms with van der Waals surface area (Å²) >= 11 is 3.23. The minimum atomic E-state index is -0.485. The van der Waals surface area contributed by atoms with Crippen LogP contribution in [-0.2, 0) is 16.1 Å². The Morgan fingerprint density at radius 3 is 2.75 bits per heavy atom. The molecule has 0 bridgehead atoms. The van der Waals surface area contributed by atoms with E-state index in [2.05, 4.69) is 15.9 Å². The third kappa shape index (κ3) is 4.14. The lowest BCUT2D eigenvalue weighted by Gasteiger charge is -2.18. The lowest BCUT2D eigenvalue weighted by molar-refractivity contribution is -0.138. The van der Waals surface area contributed by atoms with Gasteiger partial charge in [-0.05, 0) is 35.9 Å². The minimum absolute atomic E-state index is 0.0607. The standard InChI is InChI=1S/C18H14BrFO4/c19-15-10-14(20)4-3-13(15)11-24-18(21)6-2-12-1-5-16-17(9-12)23-8-7-22-16/h1-6,9-10H,7-8,11H2/b6-2+. The second-order valence-electron chi connectivity index (χ2n) is 5.08. The van der Waals surface area contributed by atoms with Crippen molar-refractivity contribution in [2.45, 2.75) is 6.61 Å². The molecule has 0 fully saturated rings. The first-order valence-corrected chi connectivity index (χ1v) is 8.09. The van der Waals surface area contributed by atoms with Crippen LogP contribution in [0, 0.1) is 5.82 Å². The fraction of sp³-hybridized carbons (Fsp3) is 0.167. The zero-order valence-electron chi connectivity index (χ0n) is 12.6. The summed E-state index contributed by atoms with van der Waals surface area (Å²) in [7, 11) is 0. The molecule has 0 atom stereocenters. The van der Waals surface area contributed by atoms with Gasteiger partial charge in [-0.1, -0.05) is 28.1 Å². The fourth-order valence-corrected chi connectivity index (χ4v) is 2.63. The molecule has 0 radical (unpaired) electrons. The topological polar surface area (TPSA) is 44.8 Å². The van der Waals surface area contributed by atoms with Gasteiger partial charge in [0.1, 0.15) is 25.6 Å². The number of benzene rings is 2. The van der Waals surface area contributed by atoms with Gasteiger partial charge in [0.05, 0.1) is 0 Å². The molecule has 0 spiro atoms. The molecule has 0 aliphatic carbocycles. The Morgan fingerprint density at radius 1 is 1.17 bits per heavy atom. The number of hydrogen-bond acceptors (Lipinski definition) is 4. The first-order valence-electron chi connectivity index (χ1n) is 7.30. The minimum Gasteiger partial charge on any atom is -0.486 e. The molecule has 0 unspecified atom stereocenters. The molecule has 0 N–H and O–H groups in total. The average molecular weight is 393 g/mol. The van der Waals surface area contributed by atoms with Crippen molar-refractivity contribution < 1.29 is 23.4 Å². The van der Waals surface area contributed by atoms with Crippen LogP contribution >= 0.6 is 15.9 Å². The Labute approximate surface area is 147 Å². The Hall–Kier alpha value is -2.34. The molecular weight excluding hydrogens is 379 g/mol. The Kier molecular flexibility index (Phi) is 5.15. The van der Waals surface area contributed by atoms with Gasteiger partial charge in [0.25, 0.3) is 0 Å². The zero-order chi connectivity index (χ0) is 16.9. The highest BCUT2D eigenvalue weighted by Crippen LogP contribution is 2.31. The molecule has 2 aromatic rings. The molecule has 1 heterocycles. The van der Waals surface area contributed by atoms with Crippen LogP contribution in [0.1, 0.15) is 11.1 Å². The van der Waals surface area contributed by atoms with Crippen molar-refractivity contribution in [1.82, 2.24) is 0 Å². The lowest BCUT2D eigenvalue weighted by atomic mass is 10.2. The monoisotopic (exact) mass is 392 g/mol. The van der Waals surface area contributed by atoms with Crippen molar-refractivity contribution in [2.75, 3.05) is 13.2 Å². The third-order valence-electron chi connectivity index (χ3n) is 3.36. The van der Waals surface area contributed by atoms with E-state index in [1.54, 1.807) is 24.3 Å². The molecule has 124 valence electrons. The Morgan fingerprint density at radius 2 is 1.96 bits per heavy atom. The maximum Gasteiger partial charge on any atom is 0.331 e. The summed E-state index contributed by atoms with van der Waals surface area (Å²) in [4.78, 5) is 11.8. The highest BCUT2D eigenvalue weighted by atomic mass is 79.9. The molecule has 4 nitrogen and oxygen atoms in total. The number of carbonyl (C=O) groups is 1. The van der Waals surface area contributed by atoms with Crippen molar-refractivity contribution in [2.24, 2.45) is 0 Å². The molecule has 1 aliphatic heterocycles. The number of carbonyl (C=O) groups excluding carboxylic acids is 1. The highest BCUT2D eigenvalue weighted by Gasteiger charge is 2.11. The highest BCUT2D eigenvalue weighted by molar-refractivity contribution is 9.10. The normalized spacial score (nSPS) is 13.1. The van der Waals surface area contributed by atoms with Gasteiger partial charge in [0.15, 0.2) is 11.5 Å². The van der Waals surface area contributed by atoms with Crippen LogP contribution in [-0.4, -0.2) is 19.2 Å². The van der Waals surface area contributed by atoms with Crippen LogP contribution in [0.2, 0.25) is 0 Å². The van der Waals surface area contributed by atoms with Gasteiger partial charge in [-0.15, -0.1) is 0 Å². The number of hydrogen-bond donors (Lipinski definition) is 0. The van der Waals surface area contributed by atoms with E-state index in [4.69, 9.17) is 14.2 Å². The molecule has 1 aliphatic rings. The van der Waals surface area contributed by atoms with Crippen molar-refractivity contribution in [3.63, 3.8) is 0 Å². The van der Waals surface area contributed by atoms with Crippen LogP contribution in [0.25, 0.3) is 6.08 Å². The molecular formula is C18H14BrFO4. The Balaban J connectivity index is 1.59. The van der Waals surface area contributed by atoms with Crippen molar-refractivity contribution in [3.05, 3.63) is 63.9 Å². The maximum atomic E-state index is 13.0. The van der Waals surface area contributed by atoms with Crippen LogP contribution in [0.3, 0.4) is 0 Å². The van der Waals surface area contributed by atoms with Crippen molar-refractivity contribution >= 4 is 28.0 Å². The lowest BCUT2D eigenvalue weighted by Crippen LogP contribution is -2.15. The summed E-state index contributed by atoms with van der Waals surface area (Å²) in [5.41, 5.74) is 1.50. The molecule has 0 saturated heterocycles. The SMILES string of the molecule is O=C(/C=C/c1ccc2c(c1)OCCO2)OCc1ccc(F)cc1Br. The van der Waals surface area contributed by atoms with Gasteiger partial charge < -0.3 is 14.2 Å². The van der Waals surface area contributed by atoms with E-state index < -0.39 is 5.97 Å². The van der Waals surface area contributed by atoms with Gasteiger partial charge >= 0.3 is 5.97 Å². The average Bonchev–Trinajstić information content (AvgIpc) is 2.59. The van der Waals surface area contributed by atoms with Gasteiger partial charge in [-0.3, -0.25) is 0 Å². The number of esters is 1. The van der Waals surface area contributed by atoms with E-state index in [1.807, 2.05) is 6.07 Å². The van der Waals surface area contributed by atoms with E-state index in [9.17, 15) is 9.18 Å². The van der Waals surface area contributed by atoms with Gasteiger partial charge in [0, 0.05) is 16.1 Å². The van der Waals surface area contributed by atoms with Gasteiger partial charge in [-0.25, -0.2) is 9.18 Å². The van der Waals surface area contributed by atoms with E-state index in [0.717, 1.165) is 5.56 Å². The van der Waals surface area contributed by atoms with Crippen molar-refractivity contribution in [3.8, 4) is 11.5 Å². The number of fused-ring (bicyclic) bond motifs is 1. The smallest absolute Gasteiger partial charge is 0.331 e. The third-order valence-corrected chi connectivity index (χ3v) is 4.10. The predicted octanol–water partition coefficient (Wildman–Crippen LogP) is 4.12. The molecule has 3 rings (SSSR count). The number of ether oxygens (including phenoxy) is 3. The Bertz CT molecular complexity index is 789.